The van der Waals surface area contributed by atoms with Gasteiger partial charge in [0.05, 0.1) is 26.4 Å². The van der Waals surface area contributed by atoms with Crippen molar-refractivity contribution in [2.24, 2.45) is 11.8 Å². The molecule has 582 valence electrons. The molecule has 98 heavy (non-hydrogen) atoms. The van der Waals surface area contributed by atoms with Crippen LogP contribution in [0.5, 0.6) is 0 Å². The lowest BCUT2D eigenvalue weighted by Crippen LogP contribution is -2.30. The van der Waals surface area contributed by atoms with E-state index in [4.69, 9.17) is 37.0 Å². The monoisotopic (exact) mass is 1440 g/mol. The molecule has 0 aromatic heterocycles. The summed E-state index contributed by atoms with van der Waals surface area (Å²) in [7, 11) is -9.91. The molecular formula is C79H154O17P2. The number of carbonyl (C=O) groups is 4. The molecule has 0 aromatic rings. The normalized spacial score (nSPS) is 13.9. The molecule has 0 aliphatic carbocycles. The summed E-state index contributed by atoms with van der Waals surface area (Å²) in [6.45, 7) is 9.57. The van der Waals surface area contributed by atoms with E-state index >= 15 is 0 Å². The zero-order valence-electron chi connectivity index (χ0n) is 64.1. The Morgan fingerprint density at radius 3 is 0.694 bits per heavy atom. The highest BCUT2D eigenvalue weighted by Crippen LogP contribution is 2.45. The van der Waals surface area contributed by atoms with Gasteiger partial charge >= 0.3 is 39.5 Å². The third-order valence-corrected chi connectivity index (χ3v) is 20.4. The Morgan fingerprint density at radius 2 is 0.469 bits per heavy atom. The number of rotatable bonds is 78. The highest BCUT2D eigenvalue weighted by molar-refractivity contribution is 7.47. The maximum atomic E-state index is 13.1. The number of phosphoric ester groups is 2. The van der Waals surface area contributed by atoms with Crippen molar-refractivity contribution in [1.29, 1.82) is 0 Å². The molecular weight excluding hydrogens is 1280 g/mol. The molecule has 0 bridgehead atoms. The fraction of sp³-hybridized carbons (Fsp3) is 0.949. The fourth-order valence-corrected chi connectivity index (χ4v) is 13.8. The average molecular weight is 1440 g/mol. The Balaban J connectivity index is 5.20. The molecule has 0 aromatic carbocycles. The zero-order chi connectivity index (χ0) is 72.1. The summed E-state index contributed by atoms with van der Waals surface area (Å²) in [5.41, 5.74) is 0. The maximum Gasteiger partial charge on any atom is 0.472 e. The van der Waals surface area contributed by atoms with Crippen molar-refractivity contribution in [1.82, 2.24) is 0 Å². The Hall–Kier alpha value is -1.94. The van der Waals surface area contributed by atoms with Gasteiger partial charge in [0, 0.05) is 25.7 Å². The Bertz CT molecular complexity index is 1890. The van der Waals surface area contributed by atoms with Crippen molar-refractivity contribution in [3.63, 3.8) is 0 Å². The maximum absolute atomic E-state index is 13.1. The van der Waals surface area contributed by atoms with Crippen molar-refractivity contribution < 1.29 is 80.2 Å². The molecule has 0 aliphatic rings. The van der Waals surface area contributed by atoms with E-state index in [1.165, 1.54) is 225 Å². The van der Waals surface area contributed by atoms with Crippen molar-refractivity contribution in [2.45, 2.75) is 432 Å². The van der Waals surface area contributed by atoms with Gasteiger partial charge in [-0.3, -0.25) is 37.3 Å². The van der Waals surface area contributed by atoms with Gasteiger partial charge in [-0.2, -0.15) is 0 Å². The van der Waals surface area contributed by atoms with E-state index < -0.39 is 97.5 Å². The number of unbranched alkanes of at least 4 members (excludes halogenated alkanes) is 48. The number of esters is 4. The lowest BCUT2D eigenvalue weighted by atomic mass is 10.0. The minimum Gasteiger partial charge on any atom is -0.462 e. The van der Waals surface area contributed by atoms with Crippen LogP contribution in [0.3, 0.4) is 0 Å². The summed E-state index contributed by atoms with van der Waals surface area (Å²) < 4.78 is 68.6. The van der Waals surface area contributed by atoms with Crippen LogP contribution in [-0.2, 0) is 65.4 Å². The van der Waals surface area contributed by atoms with Crippen molar-refractivity contribution in [3.05, 3.63) is 0 Å². The second-order valence-electron chi connectivity index (χ2n) is 29.4. The molecule has 0 fully saturated rings. The third kappa shape index (κ3) is 72.4. The first-order valence-corrected chi connectivity index (χ1v) is 44.0. The van der Waals surface area contributed by atoms with Gasteiger partial charge in [0.1, 0.15) is 19.3 Å². The summed E-state index contributed by atoms with van der Waals surface area (Å²) in [5.74, 6) is -0.617. The first kappa shape index (κ1) is 96.1. The first-order valence-electron chi connectivity index (χ1n) is 41.0. The number of hydrogen-bond donors (Lipinski definition) is 3. The molecule has 0 radical (unpaired) electrons. The number of phosphoric acid groups is 2. The highest BCUT2D eigenvalue weighted by atomic mass is 31.2. The Labute approximate surface area is 600 Å². The van der Waals surface area contributed by atoms with Crippen LogP contribution in [0.15, 0.2) is 0 Å². The predicted molar refractivity (Wildman–Crippen MR) is 400 cm³/mol. The zero-order valence-corrected chi connectivity index (χ0v) is 65.9. The van der Waals surface area contributed by atoms with Gasteiger partial charge in [-0.05, 0) is 37.5 Å². The Morgan fingerprint density at radius 1 is 0.276 bits per heavy atom. The molecule has 19 heteroatoms. The molecule has 0 heterocycles. The molecule has 17 nitrogen and oxygen atoms in total. The lowest BCUT2D eigenvalue weighted by molar-refractivity contribution is -0.161. The van der Waals surface area contributed by atoms with E-state index in [-0.39, 0.29) is 25.7 Å². The SMILES string of the molecule is CCCCCCCCCCCCCCCCCCCCCCCC(=O)O[C@H](COC(=O)CCCCCCCCCCCCCCCC(C)C)COP(=O)(O)OC[C@@H](O)COP(=O)(O)OC[C@@H](COC(=O)CCCCCCCCCC(C)C)OC(=O)CCCCCCCCCCCCC. The standard InChI is InChI=1S/C79H154O17P2/c1-7-9-11-13-15-17-19-20-21-22-23-24-25-26-27-30-35-39-45-52-58-64-79(84)95-74(67-89-76(81)61-55-49-43-37-34-31-28-29-33-36-41-47-53-59-71(3)4)69-93-97(85,86)91-65-73(80)66-92-98(87,88)94-70-75(68-90-77(82)62-56-50-46-40-42-48-54-60-72(5)6)96-78(83)63-57-51-44-38-32-18-16-14-12-10-8-2/h71-75,80H,7-70H2,1-6H3,(H,85,86)(H,87,88)/t73-,74-,75-/m1/s1. The van der Waals surface area contributed by atoms with Crippen LogP contribution in [0.4, 0.5) is 0 Å². The number of aliphatic hydroxyl groups excluding tert-OH is 1. The summed E-state index contributed by atoms with van der Waals surface area (Å²) in [4.78, 5) is 72.9. The van der Waals surface area contributed by atoms with E-state index in [1.54, 1.807) is 0 Å². The van der Waals surface area contributed by atoms with Crippen LogP contribution < -0.4 is 0 Å². The van der Waals surface area contributed by atoms with Crippen molar-refractivity contribution in [2.75, 3.05) is 39.6 Å². The van der Waals surface area contributed by atoms with Gasteiger partial charge < -0.3 is 33.8 Å². The van der Waals surface area contributed by atoms with Crippen LogP contribution in [0, 0.1) is 11.8 Å². The quantitative estimate of drug-likeness (QED) is 0.0222. The summed E-state index contributed by atoms with van der Waals surface area (Å²) >= 11 is 0. The summed E-state index contributed by atoms with van der Waals surface area (Å²) in [6, 6.07) is 0. The molecule has 0 aliphatic heterocycles. The summed E-state index contributed by atoms with van der Waals surface area (Å²) in [6.07, 6.45) is 59.8. The van der Waals surface area contributed by atoms with Gasteiger partial charge in [-0.25, -0.2) is 9.13 Å². The van der Waals surface area contributed by atoms with E-state index in [0.29, 0.717) is 31.6 Å². The minimum atomic E-state index is -4.96. The van der Waals surface area contributed by atoms with Crippen molar-refractivity contribution in [3.8, 4) is 0 Å². The van der Waals surface area contributed by atoms with Crippen molar-refractivity contribution >= 4 is 39.5 Å². The Kier molecular flexibility index (Phi) is 69.3. The average Bonchev–Trinajstić information content (AvgIpc) is 1.08. The number of aliphatic hydroxyl groups is 1. The third-order valence-electron chi connectivity index (χ3n) is 18.5. The van der Waals surface area contributed by atoms with Crippen LogP contribution in [0.25, 0.3) is 0 Å². The molecule has 0 saturated heterocycles. The molecule has 3 N–H and O–H groups in total. The van der Waals surface area contributed by atoms with Gasteiger partial charge in [-0.1, -0.05) is 363 Å². The van der Waals surface area contributed by atoms with E-state index in [2.05, 4.69) is 41.5 Å². The largest absolute Gasteiger partial charge is 0.472 e. The minimum absolute atomic E-state index is 0.106. The van der Waals surface area contributed by atoms with Crippen LogP contribution in [-0.4, -0.2) is 96.7 Å². The van der Waals surface area contributed by atoms with Gasteiger partial charge in [0.2, 0.25) is 0 Å². The molecule has 5 atom stereocenters. The summed E-state index contributed by atoms with van der Waals surface area (Å²) in [5, 5.41) is 10.6. The van der Waals surface area contributed by atoms with E-state index in [9.17, 15) is 43.2 Å². The highest BCUT2D eigenvalue weighted by Gasteiger charge is 2.30. The number of carbonyl (C=O) groups excluding carboxylic acids is 4. The van der Waals surface area contributed by atoms with Crippen LogP contribution in [0.2, 0.25) is 0 Å². The smallest absolute Gasteiger partial charge is 0.462 e. The lowest BCUT2D eigenvalue weighted by Gasteiger charge is -2.21. The van der Waals surface area contributed by atoms with E-state index in [1.807, 2.05) is 0 Å². The molecule has 0 saturated carbocycles. The van der Waals surface area contributed by atoms with Crippen LogP contribution >= 0.6 is 15.6 Å². The van der Waals surface area contributed by atoms with Crippen LogP contribution in [0.1, 0.15) is 414 Å². The topological polar surface area (TPSA) is 237 Å². The van der Waals surface area contributed by atoms with Gasteiger partial charge in [0.25, 0.3) is 0 Å². The predicted octanol–water partition coefficient (Wildman–Crippen LogP) is 23.5. The molecule has 0 amide bonds. The van der Waals surface area contributed by atoms with E-state index in [0.717, 1.165) is 102 Å². The van der Waals surface area contributed by atoms with Gasteiger partial charge in [0.15, 0.2) is 12.2 Å². The second kappa shape index (κ2) is 70.7. The fourth-order valence-electron chi connectivity index (χ4n) is 12.2. The number of hydrogen-bond acceptors (Lipinski definition) is 15. The second-order valence-corrected chi connectivity index (χ2v) is 32.3. The molecule has 0 spiro atoms. The van der Waals surface area contributed by atoms with Gasteiger partial charge in [-0.15, -0.1) is 0 Å². The molecule has 2 unspecified atom stereocenters. The first-order chi connectivity index (χ1) is 47.4. The molecule has 0 rings (SSSR count). The number of ether oxygens (including phenoxy) is 4.